The second kappa shape index (κ2) is 8.15. The highest BCUT2D eigenvalue weighted by atomic mass is 16.6. The second-order valence-corrected chi connectivity index (χ2v) is 6.55. The van der Waals surface area contributed by atoms with Crippen LogP contribution in [0.15, 0.2) is 65.1 Å². The van der Waals surface area contributed by atoms with Crippen LogP contribution in [-0.2, 0) is 0 Å². The Balaban J connectivity index is 1.62. The Morgan fingerprint density at radius 3 is 2.74 bits per heavy atom. The molecule has 0 radical (unpaired) electrons. The first-order chi connectivity index (χ1) is 15.0. The van der Waals surface area contributed by atoms with Gasteiger partial charge in [-0.1, -0.05) is 12.1 Å². The molecular formula is C22H17N3O6. The number of para-hydroxylation sites is 2. The molecule has 0 atom stereocenters. The third-order valence-electron chi connectivity index (χ3n) is 4.50. The lowest BCUT2D eigenvalue weighted by Crippen LogP contribution is -2.12. The maximum absolute atomic E-state index is 12.7. The molecule has 4 aromatic rings. The Kier molecular flexibility index (Phi) is 5.23. The third-order valence-corrected chi connectivity index (χ3v) is 4.50. The number of nitrogens with zero attached hydrogens (tertiary/aromatic N) is 2. The number of nitrogens with one attached hydrogen (secondary N) is 1. The molecule has 0 bridgehead atoms. The zero-order valence-corrected chi connectivity index (χ0v) is 16.4. The van der Waals surface area contributed by atoms with Crippen molar-refractivity contribution in [3.63, 3.8) is 0 Å². The third kappa shape index (κ3) is 4.01. The fourth-order valence-corrected chi connectivity index (χ4v) is 3.05. The minimum Gasteiger partial charge on any atom is -0.507 e. The van der Waals surface area contributed by atoms with Crippen molar-refractivity contribution in [1.82, 2.24) is 4.98 Å². The maximum Gasteiger partial charge on any atom is 0.311 e. The van der Waals surface area contributed by atoms with Crippen molar-refractivity contribution in [3.05, 3.63) is 76.3 Å². The van der Waals surface area contributed by atoms with Gasteiger partial charge in [0.2, 0.25) is 5.89 Å². The first-order valence-corrected chi connectivity index (χ1v) is 9.38. The summed E-state index contributed by atoms with van der Waals surface area (Å²) in [6.07, 6.45) is 0. The SMILES string of the molecule is CCOc1ccc(C(=O)Nc2ccc(O)c(-c3nc4ccccc4o3)c2)cc1[N+](=O)[O-]. The van der Waals surface area contributed by atoms with Crippen molar-refractivity contribution in [2.45, 2.75) is 6.92 Å². The largest absolute Gasteiger partial charge is 0.507 e. The number of carbonyl (C=O) groups excluding carboxylic acids is 1. The topological polar surface area (TPSA) is 128 Å². The highest BCUT2D eigenvalue weighted by Crippen LogP contribution is 2.34. The molecule has 4 rings (SSSR count). The summed E-state index contributed by atoms with van der Waals surface area (Å²) in [4.78, 5) is 27.7. The van der Waals surface area contributed by atoms with E-state index < -0.39 is 10.8 Å². The van der Waals surface area contributed by atoms with E-state index in [2.05, 4.69) is 10.3 Å². The summed E-state index contributed by atoms with van der Waals surface area (Å²) in [5.74, 6) is -0.333. The van der Waals surface area contributed by atoms with E-state index in [9.17, 15) is 20.0 Å². The van der Waals surface area contributed by atoms with Crippen molar-refractivity contribution < 1.29 is 24.0 Å². The number of aromatic hydroxyl groups is 1. The molecule has 0 unspecified atom stereocenters. The summed E-state index contributed by atoms with van der Waals surface area (Å²) >= 11 is 0. The van der Waals surface area contributed by atoms with Crippen LogP contribution in [0.1, 0.15) is 17.3 Å². The Labute approximate surface area is 176 Å². The Morgan fingerprint density at radius 1 is 1.19 bits per heavy atom. The van der Waals surface area contributed by atoms with Crippen LogP contribution in [0.5, 0.6) is 11.5 Å². The molecule has 2 N–H and O–H groups in total. The summed E-state index contributed by atoms with van der Waals surface area (Å²) < 4.78 is 10.9. The van der Waals surface area contributed by atoms with Gasteiger partial charge in [-0.05, 0) is 49.4 Å². The van der Waals surface area contributed by atoms with E-state index in [-0.39, 0.29) is 35.2 Å². The smallest absolute Gasteiger partial charge is 0.311 e. The first kappa shape index (κ1) is 19.9. The van der Waals surface area contributed by atoms with E-state index in [0.717, 1.165) is 6.07 Å². The van der Waals surface area contributed by atoms with Gasteiger partial charge in [-0.25, -0.2) is 4.98 Å². The van der Waals surface area contributed by atoms with Gasteiger partial charge in [-0.2, -0.15) is 0 Å². The number of benzene rings is 3. The van der Waals surface area contributed by atoms with Crippen molar-refractivity contribution in [2.75, 3.05) is 11.9 Å². The van der Waals surface area contributed by atoms with Gasteiger partial charge in [0.05, 0.1) is 17.1 Å². The van der Waals surface area contributed by atoms with Crippen LogP contribution in [0.25, 0.3) is 22.6 Å². The number of rotatable bonds is 6. The number of phenols is 1. The monoisotopic (exact) mass is 419 g/mol. The average molecular weight is 419 g/mol. The summed E-state index contributed by atoms with van der Waals surface area (Å²) in [5.41, 5.74) is 1.64. The van der Waals surface area contributed by atoms with Crippen LogP contribution in [0.4, 0.5) is 11.4 Å². The van der Waals surface area contributed by atoms with Crippen LogP contribution in [0.2, 0.25) is 0 Å². The Hall–Kier alpha value is -4.40. The molecule has 0 aliphatic carbocycles. The lowest BCUT2D eigenvalue weighted by molar-refractivity contribution is -0.385. The van der Waals surface area contributed by atoms with Gasteiger partial charge in [0.15, 0.2) is 11.3 Å². The number of hydrogen-bond acceptors (Lipinski definition) is 7. The first-order valence-electron chi connectivity index (χ1n) is 9.38. The van der Waals surface area contributed by atoms with Gasteiger partial charge in [0, 0.05) is 17.3 Å². The van der Waals surface area contributed by atoms with Gasteiger partial charge in [0.25, 0.3) is 5.91 Å². The lowest BCUT2D eigenvalue weighted by Gasteiger charge is -2.09. The molecule has 0 spiro atoms. The molecule has 0 aliphatic rings. The number of anilines is 1. The minimum atomic E-state index is -0.603. The van der Waals surface area contributed by atoms with Crippen molar-refractivity contribution in [3.8, 4) is 23.0 Å². The van der Waals surface area contributed by atoms with Gasteiger partial charge in [0.1, 0.15) is 11.3 Å². The number of phenolic OH excluding ortho intramolecular Hbond substituents is 1. The number of nitro groups is 1. The molecule has 1 aromatic heterocycles. The Morgan fingerprint density at radius 2 is 2.00 bits per heavy atom. The zero-order valence-electron chi connectivity index (χ0n) is 16.4. The van der Waals surface area contributed by atoms with Crippen molar-refractivity contribution >= 4 is 28.4 Å². The fraction of sp³-hybridized carbons (Fsp3) is 0.0909. The quantitative estimate of drug-likeness (QED) is 0.262. The molecule has 1 heterocycles. The number of carbonyl (C=O) groups is 1. The molecule has 0 aliphatic heterocycles. The van der Waals surface area contributed by atoms with E-state index >= 15 is 0 Å². The van der Waals surface area contributed by atoms with E-state index in [0.29, 0.717) is 22.4 Å². The van der Waals surface area contributed by atoms with E-state index in [4.69, 9.17) is 9.15 Å². The predicted molar refractivity (Wildman–Crippen MR) is 113 cm³/mol. The molecule has 0 saturated heterocycles. The van der Waals surface area contributed by atoms with Crippen LogP contribution >= 0.6 is 0 Å². The molecule has 9 heteroatoms. The summed E-state index contributed by atoms with van der Waals surface area (Å²) in [6, 6.07) is 15.6. The van der Waals surface area contributed by atoms with E-state index in [1.54, 1.807) is 19.1 Å². The molecule has 0 fully saturated rings. The number of nitro benzene ring substituents is 1. The van der Waals surface area contributed by atoms with Crippen LogP contribution in [0.3, 0.4) is 0 Å². The molecule has 1 amide bonds. The highest BCUT2D eigenvalue weighted by Gasteiger charge is 2.19. The number of hydrogen-bond donors (Lipinski definition) is 2. The fourth-order valence-electron chi connectivity index (χ4n) is 3.05. The summed E-state index contributed by atoms with van der Waals surface area (Å²) in [6.45, 7) is 1.97. The minimum absolute atomic E-state index is 0.0683. The van der Waals surface area contributed by atoms with Crippen LogP contribution < -0.4 is 10.1 Å². The predicted octanol–water partition coefficient (Wildman–Crippen LogP) is 4.76. The van der Waals surface area contributed by atoms with E-state index in [1.165, 1.54) is 30.3 Å². The molecule has 156 valence electrons. The maximum atomic E-state index is 12.7. The van der Waals surface area contributed by atoms with Gasteiger partial charge >= 0.3 is 5.69 Å². The summed E-state index contributed by atoms with van der Waals surface area (Å²) in [5, 5.41) is 24.2. The number of amides is 1. The number of fused-ring (bicyclic) bond motifs is 1. The van der Waals surface area contributed by atoms with Crippen molar-refractivity contribution in [2.24, 2.45) is 0 Å². The van der Waals surface area contributed by atoms with Crippen LogP contribution in [-0.4, -0.2) is 27.5 Å². The van der Waals surface area contributed by atoms with Gasteiger partial charge in [-0.15, -0.1) is 0 Å². The van der Waals surface area contributed by atoms with E-state index in [1.807, 2.05) is 12.1 Å². The van der Waals surface area contributed by atoms with Gasteiger partial charge in [-0.3, -0.25) is 14.9 Å². The second-order valence-electron chi connectivity index (χ2n) is 6.55. The Bertz CT molecular complexity index is 1260. The highest BCUT2D eigenvalue weighted by molar-refractivity contribution is 6.05. The lowest BCUT2D eigenvalue weighted by atomic mass is 10.1. The summed E-state index contributed by atoms with van der Waals surface area (Å²) in [7, 11) is 0. The van der Waals surface area contributed by atoms with Crippen molar-refractivity contribution in [1.29, 1.82) is 0 Å². The number of ether oxygens (including phenoxy) is 1. The van der Waals surface area contributed by atoms with Crippen LogP contribution in [0, 0.1) is 10.1 Å². The molecule has 0 saturated carbocycles. The number of aromatic nitrogens is 1. The zero-order chi connectivity index (χ0) is 22.0. The van der Waals surface area contributed by atoms with Gasteiger partial charge < -0.3 is 19.6 Å². The average Bonchev–Trinajstić information content (AvgIpc) is 3.19. The molecule has 3 aromatic carbocycles. The standard InChI is InChI=1S/C22H17N3O6/c1-2-30-20-10-7-13(11-17(20)25(28)29)21(27)23-14-8-9-18(26)15(12-14)22-24-16-5-3-4-6-19(16)31-22/h3-12,26H,2H2,1H3,(H,23,27). The molecular weight excluding hydrogens is 402 g/mol. The molecule has 9 nitrogen and oxygen atoms in total. The normalized spacial score (nSPS) is 10.7. The molecule has 31 heavy (non-hydrogen) atoms. The number of oxazole rings is 1.